The van der Waals surface area contributed by atoms with Crippen LogP contribution in [0.3, 0.4) is 0 Å². The zero-order valence-corrected chi connectivity index (χ0v) is 9.34. The molecule has 0 amide bonds. The molecule has 0 fully saturated rings. The zero-order valence-electron chi connectivity index (χ0n) is 7.01. The van der Waals surface area contributed by atoms with Gasteiger partial charge in [-0.3, -0.25) is 0 Å². The molecule has 14 heavy (non-hydrogen) atoms. The summed E-state index contributed by atoms with van der Waals surface area (Å²) < 4.78 is 5.23. The van der Waals surface area contributed by atoms with Crippen LogP contribution in [0.25, 0.3) is 11.1 Å². The van der Waals surface area contributed by atoms with E-state index in [2.05, 4.69) is 4.98 Å². The molecule has 3 rings (SSSR count). The van der Waals surface area contributed by atoms with Crippen LogP contribution in [0.15, 0.2) is 15.4 Å². The number of halogens is 2. The average molecular weight is 246 g/mol. The Morgan fingerprint density at radius 3 is 3.14 bits per heavy atom. The summed E-state index contributed by atoms with van der Waals surface area (Å²) in [6, 6.07) is 1.98. The zero-order chi connectivity index (χ0) is 9.71. The van der Waals surface area contributed by atoms with Gasteiger partial charge in [-0.15, -0.1) is 11.8 Å². The molecule has 0 N–H and O–H groups in total. The highest BCUT2D eigenvalue weighted by molar-refractivity contribution is 7.99. The van der Waals surface area contributed by atoms with E-state index in [4.69, 9.17) is 27.6 Å². The second kappa shape index (κ2) is 3.05. The minimum atomic E-state index is 0.149. The third kappa shape index (κ3) is 1.16. The summed E-state index contributed by atoms with van der Waals surface area (Å²) in [5.74, 6) is 1.08. The number of nitrogens with zero attached hydrogens (tertiary/aromatic N) is 1. The van der Waals surface area contributed by atoms with Gasteiger partial charge in [0, 0.05) is 10.6 Å². The molecule has 5 heteroatoms. The molecule has 0 atom stereocenters. The summed E-state index contributed by atoms with van der Waals surface area (Å²) in [5.41, 5.74) is 2.59. The van der Waals surface area contributed by atoms with Crippen molar-refractivity contribution in [1.29, 1.82) is 0 Å². The minimum absolute atomic E-state index is 0.149. The van der Waals surface area contributed by atoms with Crippen molar-refractivity contribution < 1.29 is 4.42 Å². The summed E-state index contributed by atoms with van der Waals surface area (Å²) in [5, 5.41) is 0.825. The predicted molar refractivity (Wildman–Crippen MR) is 58.5 cm³/mol. The van der Waals surface area contributed by atoms with Crippen LogP contribution in [-0.4, -0.2) is 10.7 Å². The molecule has 1 aromatic heterocycles. The van der Waals surface area contributed by atoms with Gasteiger partial charge in [-0.25, -0.2) is 0 Å². The Morgan fingerprint density at radius 2 is 2.29 bits per heavy atom. The van der Waals surface area contributed by atoms with E-state index >= 15 is 0 Å². The minimum Gasteiger partial charge on any atom is -0.428 e. The van der Waals surface area contributed by atoms with E-state index in [1.807, 2.05) is 6.07 Å². The Labute approximate surface area is 94.6 Å². The SMILES string of the molecule is Clc1nc2c(Cl)c3c(cc2o1)CCS3. The molecule has 1 aromatic carbocycles. The molecule has 0 aliphatic carbocycles. The van der Waals surface area contributed by atoms with Crippen molar-refractivity contribution in [3.8, 4) is 0 Å². The summed E-state index contributed by atoms with van der Waals surface area (Å²) in [4.78, 5) is 5.17. The maximum atomic E-state index is 6.20. The largest absolute Gasteiger partial charge is 0.428 e. The van der Waals surface area contributed by atoms with Crippen molar-refractivity contribution in [1.82, 2.24) is 4.98 Å². The summed E-state index contributed by atoms with van der Waals surface area (Å²) in [6.07, 6.45) is 1.04. The van der Waals surface area contributed by atoms with Gasteiger partial charge in [0.25, 0.3) is 5.35 Å². The van der Waals surface area contributed by atoms with Gasteiger partial charge in [-0.1, -0.05) is 11.6 Å². The van der Waals surface area contributed by atoms with Crippen molar-refractivity contribution >= 4 is 46.1 Å². The fourth-order valence-corrected chi connectivity index (χ4v) is 3.32. The van der Waals surface area contributed by atoms with Crippen LogP contribution in [0, 0.1) is 0 Å². The van der Waals surface area contributed by atoms with Gasteiger partial charge in [0.1, 0.15) is 5.52 Å². The van der Waals surface area contributed by atoms with E-state index in [9.17, 15) is 0 Å². The number of oxazole rings is 1. The first-order chi connectivity index (χ1) is 6.75. The predicted octanol–water partition coefficient (Wildman–Crippen LogP) is 3.78. The van der Waals surface area contributed by atoms with E-state index < -0.39 is 0 Å². The monoisotopic (exact) mass is 245 g/mol. The van der Waals surface area contributed by atoms with Crippen molar-refractivity contribution in [2.24, 2.45) is 0 Å². The molecule has 0 unspecified atom stereocenters. The smallest absolute Gasteiger partial charge is 0.293 e. The Morgan fingerprint density at radius 1 is 1.43 bits per heavy atom. The first-order valence-corrected chi connectivity index (χ1v) is 5.90. The van der Waals surface area contributed by atoms with Crippen molar-refractivity contribution in [2.45, 2.75) is 11.3 Å². The van der Waals surface area contributed by atoms with E-state index in [0.717, 1.165) is 17.1 Å². The second-order valence-electron chi connectivity index (χ2n) is 3.09. The molecule has 0 saturated heterocycles. The number of hydrogen-bond donors (Lipinski definition) is 0. The van der Waals surface area contributed by atoms with Crippen LogP contribution in [0.5, 0.6) is 0 Å². The fraction of sp³-hybridized carbons (Fsp3) is 0.222. The third-order valence-electron chi connectivity index (χ3n) is 2.25. The maximum absolute atomic E-state index is 6.20. The molecule has 2 aromatic rings. The van der Waals surface area contributed by atoms with Gasteiger partial charge in [-0.05, 0) is 29.7 Å². The number of benzene rings is 1. The van der Waals surface area contributed by atoms with Gasteiger partial charge >= 0.3 is 0 Å². The lowest BCUT2D eigenvalue weighted by Crippen LogP contribution is -1.82. The quantitative estimate of drug-likeness (QED) is 0.707. The highest BCUT2D eigenvalue weighted by atomic mass is 35.5. The van der Waals surface area contributed by atoms with Crippen molar-refractivity contribution in [3.63, 3.8) is 0 Å². The normalized spacial score (nSPS) is 15.0. The standard InChI is InChI=1S/C9H5Cl2NOS/c10-6-7-5(13-9(11)12-7)3-4-1-2-14-8(4)6/h3H,1-2H2. The number of hydrogen-bond acceptors (Lipinski definition) is 3. The van der Waals surface area contributed by atoms with Gasteiger partial charge < -0.3 is 4.42 Å². The molecule has 72 valence electrons. The summed E-state index contributed by atoms with van der Waals surface area (Å²) >= 11 is 13.6. The Bertz CT molecular complexity index is 523. The number of aromatic nitrogens is 1. The summed E-state index contributed by atoms with van der Waals surface area (Å²) in [6.45, 7) is 0. The van der Waals surface area contributed by atoms with Gasteiger partial charge in [0.2, 0.25) is 0 Å². The molecule has 0 radical (unpaired) electrons. The molecule has 0 spiro atoms. The topological polar surface area (TPSA) is 26.0 Å². The lowest BCUT2D eigenvalue weighted by molar-refractivity contribution is 0.604. The van der Waals surface area contributed by atoms with Crippen molar-refractivity contribution in [2.75, 3.05) is 5.75 Å². The van der Waals surface area contributed by atoms with Crippen LogP contribution in [0.2, 0.25) is 10.4 Å². The number of aryl methyl sites for hydroxylation is 1. The van der Waals surface area contributed by atoms with Crippen LogP contribution < -0.4 is 0 Å². The number of fused-ring (bicyclic) bond motifs is 2. The highest BCUT2D eigenvalue weighted by Crippen LogP contribution is 2.41. The van der Waals surface area contributed by atoms with E-state index in [1.54, 1.807) is 11.8 Å². The lowest BCUT2D eigenvalue weighted by Gasteiger charge is -1.99. The maximum Gasteiger partial charge on any atom is 0.293 e. The molecule has 2 nitrogen and oxygen atoms in total. The summed E-state index contributed by atoms with van der Waals surface area (Å²) in [7, 11) is 0. The first-order valence-electron chi connectivity index (χ1n) is 4.16. The Balaban J connectivity index is 2.42. The highest BCUT2D eigenvalue weighted by Gasteiger charge is 2.20. The number of thioether (sulfide) groups is 1. The van der Waals surface area contributed by atoms with Crippen LogP contribution in [0.4, 0.5) is 0 Å². The molecular formula is C9H5Cl2NOS. The van der Waals surface area contributed by atoms with Crippen LogP contribution >= 0.6 is 35.0 Å². The van der Waals surface area contributed by atoms with E-state index in [-0.39, 0.29) is 5.35 Å². The molecule has 1 aliphatic rings. The van der Waals surface area contributed by atoms with Crippen molar-refractivity contribution in [3.05, 3.63) is 22.0 Å². The Hall–Kier alpha value is -0.380. The molecule has 1 aliphatic heterocycles. The second-order valence-corrected chi connectivity index (χ2v) is 4.90. The lowest BCUT2D eigenvalue weighted by atomic mass is 10.1. The fourth-order valence-electron chi connectivity index (χ4n) is 1.64. The molecule has 0 bridgehead atoms. The Kier molecular flexibility index (Phi) is 1.94. The van der Waals surface area contributed by atoms with Crippen LogP contribution in [-0.2, 0) is 6.42 Å². The van der Waals surface area contributed by atoms with Crippen LogP contribution in [0.1, 0.15) is 5.56 Å². The molecule has 2 heterocycles. The van der Waals surface area contributed by atoms with Gasteiger partial charge in [-0.2, -0.15) is 4.98 Å². The van der Waals surface area contributed by atoms with Gasteiger partial charge in [0.15, 0.2) is 5.58 Å². The molecular weight excluding hydrogens is 241 g/mol. The average Bonchev–Trinajstić information content (AvgIpc) is 2.71. The van der Waals surface area contributed by atoms with Gasteiger partial charge in [0.05, 0.1) is 5.02 Å². The van der Waals surface area contributed by atoms with E-state index in [1.165, 1.54) is 5.56 Å². The number of rotatable bonds is 0. The molecule has 0 saturated carbocycles. The third-order valence-corrected chi connectivity index (χ3v) is 4.05. The van der Waals surface area contributed by atoms with E-state index in [0.29, 0.717) is 16.1 Å². The first kappa shape index (κ1) is 8.89.